The van der Waals surface area contributed by atoms with Gasteiger partial charge in [-0.3, -0.25) is 9.59 Å². The number of nitrogens with one attached hydrogen (secondary N) is 1. The minimum Gasteiger partial charge on any atom is -0.497 e. The van der Waals surface area contributed by atoms with Crippen LogP contribution >= 0.6 is 23.2 Å². The van der Waals surface area contributed by atoms with Crippen molar-refractivity contribution in [1.29, 1.82) is 0 Å². The SMILES string of the molecule is COc1ccc(C=C(NC(=O)c2ccc(Cl)cc2Cl)C(=O)N2C[C@@]3(C)C[C@H]2CC(C)(C)C3)cc1. The number of rotatable bonds is 5. The molecule has 2 aliphatic rings. The van der Waals surface area contributed by atoms with Gasteiger partial charge in [0.15, 0.2) is 0 Å². The number of methoxy groups -OCH3 is 1. The van der Waals surface area contributed by atoms with Crippen molar-refractivity contribution >= 4 is 41.1 Å². The summed E-state index contributed by atoms with van der Waals surface area (Å²) in [5, 5.41) is 3.50. The van der Waals surface area contributed by atoms with Crippen molar-refractivity contribution in [2.24, 2.45) is 10.8 Å². The number of nitrogens with zero attached hydrogens (tertiary/aromatic N) is 1. The number of carbonyl (C=O) groups excluding carboxylic acids is 2. The molecule has 0 aromatic heterocycles. The van der Waals surface area contributed by atoms with Crippen molar-refractivity contribution in [3.05, 3.63) is 69.3 Å². The number of likely N-dealkylation sites (tertiary alicyclic amines) is 1. The number of halogens is 2. The monoisotopic (exact) mass is 500 g/mol. The maximum absolute atomic E-state index is 13.8. The lowest BCUT2D eigenvalue weighted by Gasteiger charge is -2.39. The number of amides is 2. The normalized spacial score (nSPS) is 23.5. The first-order valence-electron chi connectivity index (χ1n) is 11.4. The third-order valence-corrected chi connectivity index (χ3v) is 7.30. The Morgan fingerprint density at radius 2 is 1.79 bits per heavy atom. The van der Waals surface area contributed by atoms with Crippen molar-refractivity contribution in [2.75, 3.05) is 13.7 Å². The van der Waals surface area contributed by atoms with Crippen LogP contribution in [0.5, 0.6) is 5.75 Å². The van der Waals surface area contributed by atoms with Crippen LogP contribution in [-0.2, 0) is 4.79 Å². The molecular weight excluding hydrogens is 471 g/mol. The highest BCUT2D eigenvalue weighted by Crippen LogP contribution is 2.52. The third-order valence-electron chi connectivity index (χ3n) is 6.76. The molecule has 180 valence electrons. The summed E-state index contributed by atoms with van der Waals surface area (Å²) in [7, 11) is 1.60. The van der Waals surface area contributed by atoms with Crippen LogP contribution in [0.3, 0.4) is 0 Å². The first-order valence-corrected chi connectivity index (χ1v) is 12.2. The molecule has 1 saturated carbocycles. The first kappa shape index (κ1) is 24.6. The fraction of sp³-hybridized carbons (Fsp3) is 0.407. The Labute approximate surface area is 211 Å². The Hall–Kier alpha value is -2.50. The molecule has 1 N–H and O–H groups in total. The van der Waals surface area contributed by atoms with Gasteiger partial charge in [0.05, 0.1) is 17.7 Å². The zero-order valence-electron chi connectivity index (χ0n) is 20.0. The van der Waals surface area contributed by atoms with Crippen LogP contribution in [0.15, 0.2) is 48.2 Å². The predicted octanol–water partition coefficient (Wildman–Crippen LogP) is 6.20. The topological polar surface area (TPSA) is 58.6 Å². The van der Waals surface area contributed by atoms with Gasteiger partial charge < -0.3 is 15.0 Å². The molecule has 2 aromatic rings. The summed E-state index contributed by atoms with van der Waals surface area (Å²) in [5.74, 6) is 0.0784. The van der Waals surface area contributed by atoms with Gasteiger partial charge in [-0.2, -0.15) is 0 Å². The number of hydrogen-bond donors (Lipinski definition) is 1. The van der Waals surface area contributed by atoms with Gasteiger partial charge in [0.2, 0.25) is 0 Å². The largest absolute Gasteiger partial charge is 0.497 e. The molecule has 2 atom stereocenters. The quantitative estimate of drug-likeness (QED) is 0.497. The van der Waals surface area contributed by atoms with Crippen LogP contribution in [-0.4, -0.2) is 36.4 Å². The number of hydrogen-bond acceptors (Lipinski definition) is 3. The van der Waals surface area contributed by atoms with Crippen LogP contribution < -0.4 is 10.1 Å². The molecule has 1 heterocycles. The van der Waals surface area contributed by atoms with Gasteiger partial charge in [-0.05, 0) is 72.1 Å². The van der Waals surface area contributed by atoms with Crippen molar-refractivity contribution in [3.63, 3.8) is 0 Å². The molecular formula is C27H30Cl2N2O3. The summed E-state index contributed by atoms with van der Waals surface area (Å²) in [6.45, 7) is 7.47. The fourth-order valence-corrected chi connectivity index (χ4v) is 6.23. The minimum absolute atomic E-state index is 0.0802. The number of fused-ring (bicyclic) bond motifs is 2. The van der Waals surface area contributed by atoms with Crippen LogP contribution in [0.25, 0.3) is 6.08 Å². The van der Waals surface area contributed by atoms with Crippen molar-refractivity contribution in [2.45, 2.75) is 46.1 Å². The smallest absolute Gasteiger partial charge is 0.270 e. The van der Waals surface area contributed by atoms with Crippen molar-refractivity contribution in [3.8, 4) is 5.75 Å². The summed E-state index contributed by atoms with van der Waals surface area (Å²) in [6.07, 6.45) is 4.71. The molecule has 0 radical (unpaired) electrons. The Morgan fingerprint density at radius 1 is 1.09 bits per heavy atom. The first-order chi connectivity index (χ1) is 16.0. The van der Waals surface area contributed by atoms with Gasteiger partial charge >= 0.3 is 0 Å². The average molecular weight is 501 g/mol. The molecule has 1 saturated heterocycles. The van der Waals surface area contributed by atoms with E-state index in [-0.39, 0.29) is 39.1 Å². The molecule has 5 nitrogen and oxygen atoms in total. The van der Waals surface area contributed by atoms with Crippen LogP contribution in [0.4, 0.5) is 0 Å². The highest BCUT2D eigenvalue weighted by Gasteiger charge is 2.51. The average Bonchev–Trinajstić information content (AvgIpc) is 3.01. The maximum atomic E-state index is 13.8. The highest BCUT2D eigenvalue weighted by atomic mass is 35.5. The van der Waals surface area contributed by atoms with E-state index in [0.29, 0.717) is 17.3 Å². The summed E-state index contributed by atoms with van der Waals surface area (Å²) < 4.78 is 5.23. The zero-order valence-corrected chi connectivity index (χ0v) is 21.5. The lowest BCUT2D eigenvalue weighted by Crippen LogP contribution is -2.42. The van der Waals surface area contributed by atoms with Gasteiger partial charge in [0.25, 0.3) is 11.8 Å². The van der Waals surface area contributed by atoms with Crippen LogP contribution in [0, 0.1) is 10.8 Å². The second-order valence-corrected chi connectivity index (χ2v) is 11.4. The Bertz CT molecular complexity index is 1140. The van der Waals surface area contributed by atoms with E-state index in [1.807, 2.05) is 29.2 Å². The van der Waals surface area contributed by atoms with E-state index < -0.39 is 5.91 Å². The van der Waals surface area contributed by atoms with Gasteiger partial charge in [0.1, 0.15) is 11.4 Å². The van der Waals surface area contributed by atoms with E-state index in [9.17, 15) is 9.59 Å². The maximum Gasteiger partial charge on any atom is 0.270 e. The molecule has 4 rings (SSSR count). The summed E-state index contributed by atoms with van der Waals surface area (Å²) >= 11 is 12.2. The van der Waals surface area contributed by atoms with Crippen LogP contribution in [0.1, 0.15) is 56.0 Å². The molecule has 2 fully saturated rings. The molecule has 0 spiro atoms. The second kappa shape index (κ2) is 9.27. The third kappa shape index (κ3) is 5.26. The molecule has 34 heavy (non-hydrogen) atoms. The minimum atomic E-state index is -0.455. The highest BCUT2D eigenvalue weighted by molar-refractivity contribution is 6.36. The zero-order chi connectivity index (χ0) is 24.7. The molecule has 2 bridgehead atoms. The van der Waals surface area contributed by atoms with E-state index in [1.165, 1.54) is 6.07 Å². The van der Waals surface area contributed by atoms with E-state index >= 15 is 0 Å². The standard InChI is InChI=1S/C27H30Cl2N2O3/c1-26(2)13-19-14-27(3,15-26)16-31(19)25(33)23(11-17-5-8-20(34-4)9-6-17)30-24(32)21-10-7-18(28)12-22(21)29/h5-12,19H,13-16H2,1-4H3,(H,30,32)/t19-,27+/m1/s1. The summed E-state index contributed by atoms with van der Waals surface area (Å²) in [4.78, 5) is 28.9. The molecule has 1 aliphatic heterocycles. The van der Waals surface area contributed by atoms with E-state index in [1.54, 1.807) is 25.3 Å². The van der Waals surface area contributed by atoms with Gasteiger partial charge in [-0.25, -0.2) is 0 Å². The molecule has 2 amide bonds. The Morgan fingerprint density at radius 3 is 2.44 bits per heavy atom. The Balaban J connectivity index is 1.66. The number of ether oxygens (including phenoxy) is 1. The molecule has 0 unspecified atom stereocenters. The van der Waals surface area contributed by atoms with E-state index in [2.05, 4.69) is 26.1 Å². The Kier molecular flexibility index (Phi) is 6.71. The fourth-order valence-electron chi connectivity index (χ4n) is 5.73. The van der Waals surface area contributed by atoms with Crippen LogP contribution in [0.2, 0.25) is 10.0 Å². The van der Waals surface area contributed by atoms with Gasteiger partial charge in [-0.15, -0.1) is 0 Å². The molecule has 7 heteroatoms. The van der Waals surface area contributed by atoms with Gasteiger partial charge in [0, 0.05) is 17.6 Å². The van der Waals surface area contributed by atoms with Crippen molar-refractivity contribution < 1.29 is 14.3 Å². The predicted molar refractivity (Wildman–Crippen MR) is 136 cm³/mol. The number of carbonyl (C=O) groups is 2. The van der Waals surface area contributed by atoms with Crippen molar-refractivity contribution in [1.82, 2.24) is 10.2 Å². The molecule has 2 aromatic carbocycles. The van der Waals surface area contributed by atoms with Gasteiger partial charge in [-0.1, -0.05) is 56.1 Å². The summed E-state index contributed by atoms with van der Waals surface area (Å²) in [5.41, 5.74) is 1.51. The lowest BCUT2D eigenvalue weighted by atomic mass is 9.65. The second-order valence-electron chi connectivity index (χ2n) is 10.6. The molecule has 1 aliphatic carbocycles. The lowest BCUT2D eigenvalue weighted by molar-refractivity contribution is -0.128. The number of benzene rings is 2. The van der Waals surface area contributed by atoms with E-state index in [0.717, 1.165) is 24.8 Å². The van der Waals surface area contributed by atoms with E-state index in [4.69, 9.17) is 27.9 Å². The summed E-state index contributed by atoms with van der Waals surface area (Å²) in [6, 6.07) is 12.2.